The third-order valence-corrected chi connectivity index (χ3v) is 13.0. The van der Waals surface area contributed by atoms with E-state index >= 15 is 0 Å². The molecule has 7 atom stereocenters. The average Bonchev–Trinajstić information content (AvgIpc) is 3.80. The number of H-pyrrole nitrogens is 1. The van der Waals surface area contributed by atoms with Gasteiger partial charge in [-0.15, -0.1) is 11.8 Å². The molecular formula is C34H24BrF4N3O5S2. The summed E-state index contributed by atoms with van der Waals surface area (Å²) >= 11 is 6.02. The van der Waals surface area contributed by atoms with Crippen LogP contribution in [0.2, 0.25) is 0 Å². The normalized spacial score (nSPS) is 26.8. The lowest BCUT2D eigenvalue weighted by Crippen LogP contribution is -2.42. The molecule has 8 rings (SSSR count). The molecule has 0 spiro atoms. The Kier molecular flexibility index (Phi) is 7.79. The van der Waals surface area contributed by atoms with Crippen molar-refractivity contribution in [1.29, 1.82) is 0 Å². The van der Waals surface area contributed by atoms with Gasteiger partial charge in [-0.05, 0) is 78.8 Å². The van der Waals surface area contributed by atoms with Gasteiger partial charge in [0.1, 0.15) is 11.6 Å². The maximum Gasteiger partial charge on any atom is 0.418 e. The number of thiazole rings is 1. The molecule has 0 radical (unpaired) electrons. The number of hydrogen-bond donors (Lipinski definition) is 2. The van der Waals surface area contributed by atoms with Crippen LogP contribution in [-0.4, -0.2) is 34.6 Å². The number of aromatic amines is 1. The van der Waals surface area contributed by atoms with Crippen LogP contribution in [0.5, 0.6) is 5.75 Å². The van der Waals surface area contributed by atoms with E-state index in [-0.39, 0.29) is 34.5 Å². The lowest BCUT2D eigenvalue weighted by atomic mass is 9.68. The van der Waals surface area contributed by atoms with Crippen LogP contribution >= 0.6 is 39.0 Å². The molecular weight excluding hydrogens is 750 g/mol. The van der Waals surface area contributed by atoms with E-state index in [0.717, 1.165) is 33.2 Å². The van der Waals surface area contributed by atoms with E-state index in [1.807, 2.05) is 6.07 Å². The number of fused-ring (bicyclic) bond motifs is 9. The number of nitrogens with one attached hydrogen (secondary N) is 2. The van der Waals surface area contributed by atoms with Crippen molar-refractivity contribution in [3.63, 3.8) is 0 Å². The molecule has 1 aromatic heterocycles. The first-order chi connectivity index (χ1) is 23.4. The van der Waals surface area contributed by atoms with Gasteiger partial charge in [0, 0.05) is 31.8 Å². The number of ether oxygens (including phenoxy) is 1. The van der Waals surface area contributed by atoms with Crippen LogP contribution < -0.4 is 19.8 Å². The zero-order valence-corrected chi connectivity index (χ0v) is 28.2. The molecule has 2 N–H and O–H groups in total. The van der Waals surface area contributed by atoms with Gasteiger partial charge >= 0.3 is 11.0 Å². The predicted molar refractivity (Wildman–Crippen MR) is 177 cm³/mol. The van der Waals surface area contributed by atoms with Crippen LogP contribution in [0.3, 0.4) is 0 Å². The Hall–Kier alpha value is -3.95. The van der Waals surface area contributed by atoms with Crippen LogP contribution in [-0.2, 0) is 20.6 Å². The van der Waals surface area contributed by atoms with E-state index in [1.54, 1.807) is 12.1 Å². The van der Waals surface area contributed by atoms with Gasteiger partial charge in [-0.3, -0.25) is 19.2 Å². The van der Waals surface area contributed by atoms with Gasteiger partial charge in [0.05, 0.1) is 28.1 Å². The van der Waals surface area contributed by atoms with Crippen molar-refractivity contribution >= 4 is 68.1 Å². The van der Waals surface area contributed by atoms with Gasteiger partial charge in [0.2, 0.25) is 11.8 Å². The second kappa shape index (κ2) is 11.8. The molecule has 4 aliphatic rings. The number of hydrogen-bond acceptors (Lipinski definition) is 7. The number of carbonyl (C=O) groups excluding carboxylic acids is 3. The van der Waals surface area contributed by atoms with Crippen LogP contribution in [0.15, 0.2) is 81.0 Å². The molecule has 15 heteroatoms. The molecule has 3 heterocycles. The van der Waals surface area contributed by atoms with E-state index in [1.165, 1.54) is 48.2 Å². The van der Waals surface area contributed by atoms with Crippen molar-refractivity contribution in [3.05, 3.63) is 103 Å². The Morgan fingerprint density at radius 1 is 1.00 bits per heavy atom. The first-order valence-electron chi connectivity index (χ1n) is 15.3. The third kappa shape index (κ3) is 5.32. The van der Waals surface area contributed by atoms with Crippen molar-refractivity contribution in [3.8, 4) is 5.75 Å². The molecule has 3 amide bonds. The maximum absolute atomic E-state index is 14.1. The number of nitrogens with zero attached hydrogens (tertiary/aromatic N) is 1. The fourth-order valence-electron chi connectivity index (χ4n) is 8.28. The summed E-state index contributed by atoms with van der Waals surface area (Å²) in [6.45, 7) is -0.380. The second-order valence-corrected chi connectivity index (χ2v) is 15.6. The molecule has 8 nitrogen and oxygen atoms in total. The summed E-state index contributed by atoms with van der Waals surface area (Å²) in [6.07, 6.45) is -4.24. The molecule has 252 valence electrons. The number of amides is 3. The zero-order chi connectivity index (χ0) is 34.4. The molecule has 0 unspecified atom stereocenters. The zero-order valence-electron chi connectivity index (χ0n) is 25.0. The highest BCUT2D eigenvalue weighted by molar-refractivity contribution is 9.10. The SMILES string of the molecule is O=C(COc1ccc(Br)cc1[C@@H]1c2sc(=O)[nH]c2S[C@@H]2[C@@H]3C[C@@H]([C@@H]4C(=O)N(c5ccccc5C(F)(F)F)C(=O)[C@@H]34)[C@H]12)Nc1ccc(F)cc1. The van der Waals surface area contributed by atoms with E-state index in [0.29, 0.717) is 32.9 Å². The van der Waals surface area contributed by atoms with Crippen molar-refractivity contribution in [2.45, 2.75) is 28.8 Å². The molecule has 3 fully saturated rings. The monoisotopic (exact) mass is 773 g/mol. The number of anilines is 2. The summed E-state index contributed by atoms with van der Waals surface area (Å²) in [5, 5.41) is 3.08. The highest BCUT2D eigenvalue weighted by Gasteiger charge is 2.70. The minimum absolute atomic E-state index is 0.225. The molecule has 2 aliphatic carbocycles. The smallest absolute Gasteiger partial charge is 0.418 e. The molecule has 4 aromatic rings. The highest BCUT2D eigenvalue weighted by atomic mass is 79.9. The van der Waals surface area contributed by atoms with E-state index in [2.05, 4.69) is 26.2 Å². The molecule has 2 aliphatic heterocycles. The fraction of sp³-hybridized carbons (Fsp3) is 0.294. The van der Waals surface area contributed by atoms with E-state index in [9.17, 15) is 36.7 Å². The molecule has 1 saturated heterocycles. The summed E-state index contributed by atoms with van der Waals surface area (Å²) in [6, 6.07) is 15.2. The number of alkyl halides is 3. The van der Waals surface area contributed by atoms with Gasteiger partial charge in [-0.1, -0.05) is 39.4 Å². The van der Waals surface area contributed by atoms with Gasteiger partial charge in [-0.25, -0.2) is 9.29 Å². The van der Waals surface area contributed by atoms with Crippen molar-refractivity contribution in [1.82, 2.24) is 4.98 Å². The topological polar surface area (TPSA) is 109 Å². The first kappa shape index (κ1) is 32.3. The Labute approximate surface area is 292 Å². The number of halogens is 5. The fourth-order valence-corrected chi connectivity index (χ4v) is 11.5. The van der Waals surface area contributed by atoms with Gasteiger partial charge in [-0.2, -0.15) is 13.2 Å². The van der Waals surface area contributed by atoms with Gasteiger partial charge in [0.25, 0.3) is 5.91 Å². The largest absolute Gasteiger partial charge is 0.483 e. The van der Waals surface area contributed by atoms with Gasteiger partial charge < -0.3 is 15.0 Å². The third-order valence-electron chi connectivity index (χ3n) is 9.97. The lowest BCUT2D eigenvalue weighted by Gasteiger charge is -2.43. The second-order valence-electron chi connectivity index (χ2n) is 12.5. The number of carbonyl (C=O) groups is 3. The van der Waals surface area contributed by atoms with E-state index in [4.69, 9.17) is 4.74 Å². The number of aromatic nitrogens is 1. The van der Waals surface area contributed by atoms with Crippen molar-refractivity contribution in [2.75, 3.05) is 16.8 Å². The number of rotatable bonds is 6. The lowest BCUT2D eigenvalue weighted by molar-refractivity contribution is -0.137. The number of imide groups is 1. The highest BCUT2D eigenvalue weighted by Crippen LogP contribution is 2.69. The predicted octanol–water partition coefficient (Wildman–Crippen LogP) is 7.05. The number of thioether (sulfide) groups is 1. The Bertz CT molecular complexity index is 2090. The minimum Gasteiger partial charge on any atom is -0.483 e. The standard InChI is InChI=1S/C34H24BrF4N3O5S2/c35-14-5-10-22(47-13-23(43)40-16-8-6-15(36)7-9-16)17(11-14)24-25-18-12-19(28(25)48-30-29(24)49-33(46)41-30)27-26(18)31(44)42(32(27)45)21-4-2-1-3-20(21)34(37,38)39/h1-11,18-19,24-28H,12-13H2,(H,40,43)(H,41,46)/t18-,19-,24+,25-,26+,27+,28-/m1/s1. The van der Waals surface area contributed by atoms with Crippen LogP contribution in [0.25, 0.3) is 0 Å². The number of para-hydroxylation sites is 1. The summed E-state index contributed by atoms with van der Waals surface area (Å²) in [5.41, 5.74) is -0.459. The average molecular weight is 775 g/mol. The first-order valence-corrected chi connectivity index (χ1v) is 17.8. The van der Waals surface area contributed by atoms with E-state index < -0.39 is 58.7 Å². The molecule has 49 heavy (non-hydrogen) atoms. The minimum atomic E-state index is -4.77. The Morgan fingerprint density at radius 2 is 1.71 bits per heavy atom. The van der Waals surface area contributed by atoms with Gasteiger partial charge in [0.15, 0.2) is 6.61 Å². The molecule has 2 bridgehead atoms. The summed E-state index contributed by atoms with van der Waals surface area (Å²) in [5.74, 6) is -4.86. The maximum atomic E-state index is 14.1. The summed E-state index contributed by atoms with van der Waals surface area (Å²) in [4.78, 5) is 57.7. The molecule has 2 saturated carbocycles. The van der Waals surface area contributed by atoms with Crippen LogP contribution in [0, 0.1) is 35.4 Å². The Morgan fingerprint density at radius 3 is 2.45 bits per heavy atom. The summed E-state index contributed by atoms with van der Waals surface area (Å²) < 4.78 is 62.1. The summed E-state index contributed by atoms with van der Waals surface area (Å²) in [7, 11) is 0. The Balaban J connectivity index is 1.15. The number of benzene rings is 3. The van der Waals surface area contributed by atoms with Crippen LogP contribution in [0.4, 0.5) is 28.9 Å². The molecule has 3 aromatic carbocycles. The van der Waals surface area contributed by atoms with Crippen molar-refractivity contribution in [2.24, 2.45) is 29.6 Å². The van der Waals surface area contributed by atoms with Crippen LogP contribution in [0.1, 0.15) is 28.3 Å². The van der Waals surface area contributed by atoms with Crippen molar-refractivity contribution < 1.29 is 36.7 Å². The quantitative estimate of drug-likeness (QED) is 0.161.